The summed E-state index contributed by atoms with van der Waals surface area (Å²) < 4.78 is 0. The van der Waals surface area contributed by atoms with E-state index in [1.807, 2.05) is 24.3 Å². The number of aromatic nitrogens is 3. The quantitative estimate of drug-likeness (QED) is 0.862. The van der Waals surface area contributed by atoms with Crippen molar-refractivity contribution in [3.63, 3.8) is 0 Å². The fraction of sp³-hybridized carbons (Fsp3) is 0.357. The Bertz CT molecular complexity index is 522. The first kappa shape index (κ1) is 13.3. The van der Waals surface area contributed by atoms with E-state index in [0.29, 0.717) is 11.9 Å². The highest BCUT2D eigenvalue weighted by Gasteiger charge is 2.02. The Hall–Kier alpha value is -2.17. The summed E-state index contributed by atoms with van der Waals surface area (Å²) in [5.41, 5.74) is 2.17. The zero-order chi connectivity index (χ0) is 13.7. The van der Waals surface area contributed by atoms with E-state index in [2.05, 4.69) is 46.6 Å². The lowest BCUT2D eigenvalue weighted by molar-refractivity contribution is 0.686. The van der Waals surface area contributed by atoms with Gasteiger partial charge in [0, 0.05) is 12.2 Å². The molecule has 0 spiro atoms. The van der Waals surface area contributed by atoms with E-state index in [4.69, 9.17) is 0 Å². The third kappa shape index (κ3) is 4.21. The fourth-order valence-corrected chi connectivity index (χ4v) is 1.52. The molecule has 1 heterocycles. The van der Waals surface area contributed by atoms with Crippen molar-refractivity contribution < 1.29 is 0 Å². The first-order valence-electron chi connectivity index (χ1n) is 6.41. The van der Waals surface area contributed by atoms with Crippen LogP contribution in [0, 0.1) is 12.8 Å². The Labute approximate surface area is 113 Å². The summed E-state index contributed by atoms with van der Waals surface area (Å²) in [7, 11) is 0. The van der Waals surface area contributed by atoms with Gasteiger partial charge in [0.1, 0.15) is 0 Å². The molecule has 0 aliphatic heterocycles. The maximum Gasteiger partial charge on any atom is 0.249 e. The third-order valence-electron chi connectivity index (χ3n) is 2.56. The van der Waals surface area contributed by atoms with Crippen molar-refractivity contribution in [2.75, 3.05) is 17.2 Å². The van der Waals surface area contributed by atoms with Gasteiger partial charge >= 0.3 is 0 Å². The summed E-state index contributed by atoms with van der Waals surface area (Å²) >= 11 is 0. The van der Waals surface area contributed by atoms with E-state index in [0.717, 1.165) is 18.1 Å². The average Bonchev–Trinajstić information content (AvgIpc) is 2.40. The van der Waals surface area contributed by atoms with Gasteiger partial charge in [0.25, 0.3) is 0 Å². The lowest BCUT2D eigenvalue weighted by Crippen LogP contribution is -2.10. The molecule has 1 aromatic heterocycles. The van der Waals surface area contributed by atoms with Crippen LogP contribution in [0.1, 0.15) is 19.4 Å². The van der Waals surface area contributed by atoms with Crippen LogP contribution < -0.4 is 10.6 Å². The molecule has 0 radical (unpaired) electrons. The molecule has 0 saturated heterocycles. The highest BCUT2D eigenvalue weighted by molar-refractivity contribution is 5.54. The molecule has 19 heavy (non-hydrogen) atoms. The number of aryl methyl sites for hydroxylation is 1. The number of nitrogens with zero attached hydrogens (tertiary/aromatic N) is 3. The maximum absolute atomic E-state index is 4.37. The molecule has 5 heteroatoms. The van der Waals surface area contributed by atoms with Crippen LogP contribution in [0.15, 0.2) is 30.5 Å². The topological polar surface area (TPSA) is 62.7 Å². The number of hydrogen-bond donors (Lipinski definition) is 2. The van der Waals surface area contributed by atoms with Crippen molar-refractivity contribution in [2.24, 2.45) is 5.92 Å². The van der Waals surface area contributed by atoms with Crippen LogP contribution >= 0.6 is 0 Å². The normalized spacial score (nSPS) is 10.5. The van der Waals surface area contributed by atoms with Crippen molar-refractivity contribution in [3.8, 4) is 0 Å². The number of rotatable bonds is 5. The molecule has 0 atom stereocenters. The molecule has 0 aliphatic carbocycles. The smallest absolute Gasteiger partial charge is 0.249 e. The summed E-state index contributed by atoms with van der Waals surface area (Å²) in [4.78, 5) is 4.37. The van der Waals surface area contributed by atoms with Crippen LogP contribution in [0.5, 0.6) is 0 Å². The van der Waals surface area contributed by atoms with Crippen molar-refractivity contribution in [1.29, 1.82) is 0 Å². The number of nitrogens with one attached hydrogen (secondary N) is 2. The fourth-order valence-electron chi connectivity index (χ4n) is 1.52. The maximum atomic E-state index is 4.37. The predicted molar refractivity (Wildman–Crippen MR) is 77.6 cm³/mol. The van der Waals surface area contributed by atoms with Crippen LogP contribution in [0.3, 0.4) is 0 Å². The molecule has 2 N–H and O–H groups in total. The second-order valence-electron chi connectivity index (χ2n) is 4.93. The molecular formula is C14H19N5. The zero-order valence-corrected chi connectivity index (χ0v) is 11.5. The van der Waals surface area contributed by atoms with Crippen molar-refractivity contribution in [2.45, 2.75) is 20.8 Å². The molecule has 0 amide bonds. The van der Waals surface area contributed by atoms with Gasteiger partial charge in [-0.1, -0.05) is 31.5 Å². The Morgan fingerprint density at radius 2 is 1.89 bits per heavy atom. The Morgan fingerprint density at radius 1 is 1.16 bits per heavy atom. The molecule has 2 aromatic rings. The van der Waals surface area contributed by atoms with Crippen molar-refractivity contribution in [3.05, 3.63) is 36.0 Å². The molecule has 0 unspecified atom stereocenters. The number of anilines is 3. The molecular weight excluding hydrogens is 238 g/mol. The zero-order valence-electron chi connectivity index (χ0n) is 11.5. The summed E-state index contributed by atoms with van der Waals surface area (Å²) in [6.45, 7) is 7.21. The van der Waals surface area contributed by atoms with E-state index in [1.165, 1.54) is 5.56 Å². The van der Waals surface area contributed by atoms with Crippen LogP contribution in [0.4, 0.5) is 17.5 Å². The standard InChI is InChI=1S/C14H19N5/c1-10(2)8-15-13-9-16-19-14(18-13)17-12-6-4-11(3)5-7-12/h4-7,9-10H,8H2,1-3H3,(H2,15,17,18,19). The van der Waals surface area contributed by atoms with Gasteiger partial charge in [-0.15, -0.1) is 5.10 Å². The van der Waals surface area contributed by atoms with Crippen LogP contribution in [-0.4, -0.2) is 21.7 Å². The van der Waals surface area contributed by atoms with E-state index >= 15 is 0 Å². The third-order valence-corrected chi connectivity index (χ3v) is 2.56. The van der Waals surface area contributed by atoms with Gasteiger partial charge in [-0.2, -0.15) is 10.1 Å². The molecule has 0 aliphatic rings. The van der Waals surface area contributed by atoms with Crippen LogP contribution in [0.25, 0.3) is 0 Å². The van der Waals surface area contributed by atoms with Gasteiger partial charge < -0.3 is 10.6 Å². The van der Waals surface area contributed by atoms with Gasteiger partial charge in [0.15, 0.2) is 5.82 Å². The Kier molecular flexibility index (Phi) is 4.28. The largest absolute Gasteiger partial charge is 0.368 e. The molecule has 0 saturated carbocycles. The van der Waals surface area contributed by atoms with Gasteiger partial charge in [-0.05, 0) is 25.0 Å². The number of hydrogen-bond acceptors (Lipinski definition) is 5. The van der Waals surface area contributed by atoms with Crippen LogP contribution in [0.2, 0.25) is 0 Å². The lowest BCUT2D eigenvalue weighted by atomic mass is 10.2. The Morgan fingerprint density at radius 3 is 2.58 bits per heavy atom. The number of benzene rings is 1. The molecule has 0 fully saturated rings. The molecule has 0 bridgehead atoms. The summed E-state index contributed by atoms with van der Waals surface area (Å²) in [5, 5.41) is 14.3. The summed E-state index contributed by atoms with van der Waals surface area (Å²) in [5.74, 6) is 1.79. The first-order valence-corrected chi connectivity index (χ1v) is 6.41. The van der Waals surface area contributed by atoms with Crippen molar-refractivity contribution in [1.82, 2.24) is 15.2 Å². The minimum absolute atomic E-state index is 0.498. The monoisotopic (exact) mass is 257 g/mol. The van der Waals surface area contributed by atoms with Crippen LogP contribution in [-0.2, 0) is 0 Å². The molecule has 2 rings (SSSR count). The van der Waals surface area contributed by atoms with Gasteiger partial charge in [0.05, 0.1) is 6.20 Å². The molecule has 100 valence electrons. The summed E-state index contributed by atoms with van der Waals surface area (Å²) in [6, 6.07) is 8.06. The highest BCUT2D eigenvalue weighted by Crippen LogP contribution is 2.14. The second-order valence-corrected chi connectivity index (χ2v) is 4.93. The van der Waals surface area contributed by atoms with E-state index in [-0.39, 0.29) is 0 Å². The molecule has 1 aromatic carbocycles. The predicted octanol–water partition coefficient (Wildman–Crippen LogP) is 2.99. The van der Waals surface area contributed by atoms with Gasteiger partial charge in [-0.25, -0.2) is 0 Å². The highest BCUT2D eigenvalue weighted by atomic mass is 15.3. The summed E-state index contributed by atoms with van der Waals surface area (Å²) in [6.07, 6.45) is 1.63. The van der Waals surface area contributed by atoms with E-state index in [9.17, 15) is 0 Å². The van der Waals surface area contributed by atoms with Gasteiger partial charge in [-0.3, -0.25) is 0 Å². The lowest BCUT2D eigenvalue weighted by Gasteiger charge is -2.09. The minimum Gasteiger partial charge on any atom is -0.368 e. The van der Waals surface area contributed by atoms with E-state index < -0.39 is 0 Å². The average molecular weight is 257 g/mol. The minimum atomic E-state index is 0.498. The van der Waals surface area contributed by atoms with E-state index in [1.54, 1.807) is 6.20 Å². The van der Waals surface area contributed by atoms with Crippen molar-refractivity contribution >= 4 is 17.5 Å². The van der Waals surface area contributed by atoms with Gasteiger partial charge in [0.2, 0.25) is 5.95 Å². The second kappa shape index (κ2) is 6.13. The molecule has 5 nitrogen and oxygen atoms in total. The SMILES string of the molecule is Cc1ccc(Nc2nncc(NCC(C)C)n2)cc1. The first-order chi connectivity index (χ1) is 9.13. The Balaban J connectivity index is 2.04.